The Morgan fingerprint density at radius 2 is 1.84 bits per heavy atom. The highest BCUT2D eigenvalue weighted by molar-refractivity contribution is 7.17. The normalized spacial score (nSPS) is 16.0. The van der Waals surface area contributed by atoms with Gasteiger partial charge < -0.3 is 14.6 Å². The zero-order valence-corrected chi connectivity index (χ0v) is 23.3. The van der Waals surface area contributed by atoms with E-state index in [0.29, 0.717) is 36.3 Å². The Bertz CT molecular complexity index is 1320. The van der Waals surface area contributed by atoms with Crippen LogP contribution >= 0.6 is 11.3 Å². The second kappa shape index (κ2) is 10.9. The highest BCUT2D eigenvalue weighted by Gasteiger charge is 2.49. The quantitative estimate of drug-likeness (QED) is 0.276. The van der Waals surface area contributed by atoms with Gasteiger partial charge in [0.1, 0.15) is 22.7 Å². The number of carbonyl (C=O) groups is 3. The predicted molar refractivity (Wildman–Crippen MR) is 148 cm³/mol. The van der Waals surface area contributed by atoms with Gasteiger partial charge in [0.15, 0.2) is 11.6 Å². The lowest BCUT2D eigenvalue weighted by Gasteiger charge is -2.37. The standard InChI is InChI=1S/C29H35NO6S/c1-8-19-24(32)23(25(33)29(9-2,10-3)26(19)35-7)21(31)14-11-17-16-37-22-15-18(12-13-20(17)22)30-27(34)36-28(4,5)6/h11-16,32H,8-10H2,1-7H3,(H,30,34)/b14-11+. The van der Waals surface area contributed by atoms with Crippen LogP contribution in [0.5, 0.6) is 0 Å². The topological polar surface area (TPSA) is 102 Å². The number of fused-ring (bicyclic) bond motifs is 1. The summed E-state index contributed by atoms with van der Waals surface area (Å²) >= 11 is 1.46. The van der Waals surface area contributed by atoms with Gasteiger partial charge in [-0.2, -0.15) is 0 Å². The van der Waals surface area contributed by atoms with Crippen molar-refractivity contribution < 1.29 is 29.0 Å². The summed E-state index contributed by atoms with van der Waals surface area (Å²) in [6, 6.07) is 5.45. The number of carbonyl (C=O) groups excluding carboxylic acids is 3. The Hall–Kier alpha value is -3.39. The molecule has 198 valence electrons. The predicted octanol–water partition coefficient (Wildman–Crippen LogP) is 7.34. The third-order valence-electron chi connectivity index (χ3n) is 6.57. The SMILES string of the molecule is CCC1=C(OC)C(CC)(CC)C(=O)C(C(=O)/C=C/c2csc3cc(NC(=O)OC(C)(C)C)ccc23)=C1O. The van der Waals surface area contributed by atoms with Gasteiger partial charge in [0.2, 0.25) is 0 Å². The Kier molecular flexibility index (Phi) is 8.32. The third-order valence-corrected chi connectivity index (χ3v) is 7.53. The first-order chi connectivity index (χ1) is 17.4. The fraction of sp³-hybridized carbons (Fsp3) is 0.414. The zero-order chi connectivity index (χ0) is 27.5. The first-order valence-corrected chi connectivity index (χ1v) is 13.3. The molecule has 7 nitrogen and oxygen atoms in total. The molecule has 0 atom stereocenters. The van der Waals surface area contributed by atoms with Crippen molar-refractivity contribution in [1.29, 1.82) is 0 Å². The minimum Gasteiger partial charge on any atom is -0.507 e. The summed E-state index contributed by atoms with van der Waals surface area (Å²) in [5, 5.41) is 16.4. The number of hydrogen-bond acceptors (Lipinski definition) is 7. The molecule has 37 heavy (non-hydrogen) atoms. The third kappa shape index (κ3) is 5.49. The largest absolute Gasteiger partial charge is 0.507 e. The zero-order valence-electron chi connectivity index (χ0n) is 22.5. The van der Waals surface area contributed by atoms with Gasteiger partial charge in [-0.05, 0) is 80.6 Å². The number of aliphatic hydroxyl groups is 1. The fourth-order valence-electron chi connectivity index (χ4n) is 4.69. The summed E-state index contributed by atoms with van der Waals surface area (Å²) in [4.78, 5) is 38.9. The Labute approximate surface area is 221 Å². The second-order valence-electron chi connectivity index (χ2n) is 9.93. The number of rotatable bonds is 8. The van der Waals surface area contributed by atoms with E-state index in [1.165, 1.54) is 24.5 Å². The number of nitrogens with one attached hydrogen (secondary N) is 1. The lowest BCUT2D eigenvalue weighted by atomic mass is 9.68. The van der Waals surface area contributed by atoms with Gasteiger partial charge in [0.25, 0.3) is 0 Å². The van der Waals surface area contributed by atoms with E-state index in [1.54, 1.807) is 32.9 Å². The summed E-state index contributed by atoms with van der Waals surface area (Å²) in [5.74, 6) is -0.809. The molecule has 1 amide bonds. The van der Waals surface area contributed by atoms with E-state index in [2.05, 4.69) is 5.32 Å². The molecule has 0 aliphatic heterocycles. The van der Waals surface area contributed by atoms with Gasteiger partial charge in [-0.1, -0.05) is 26.8 Å². The lowest BCUT2D eigenvalue weighted by molar-refractivity contribution is -0.128. The Morgan fingerprint density at radius 1 is 1.16 bits per heavy atom. The van der Waals surface area contributed by atoms with Crippen LogP contribution in [-0.4, -0.2) is 35.5 Å². The molecule has 3 rings (SSSR count). The van der Waals surface area contributed by atoms with Crippen LogP contribution in [0.2, 0.25) is 0 Å². The molecule has 1 aliphatic rings. The van der Waals surface area contributed by atoms with Crippen molar-refractivity contribution in [3.8, 4) is 0 Å². The van der Waals surface area contributed by atoms with Crippen molar-refractivity contribution in [1.82, 2.24) is 0 Å². The van der Waals surface area contributed by atoms with Crippen LogP contribution in [-0.2, 0) is 19.1 Å². The van der Waals surface area contributed by atoms with Crippen molar-refractivity contribution in [2.45, 2.75) is 66.4 Å². The van der Waals surface area contributed by atoms with Crippen molar-refractivity contribution in [3.63, 3.8) is 0 Å². The molecule has 0 saturated heterocycles. The molecule has 0 bridgehead atoms. The molecule has 2 aromatic rings. The van der Waals surface area contributed by atoms with Crippen molar-refractivity contribution >= 4 is 50.8 Å². The molecular formula is C29H35NO6S. The number of methoxy groups -OCH3 is 1. The molecule has 0 fully saturated rings. The lowest BCUT2D eigenvalue weighted by Crippen LogP contribution is -2.40. The van der Waals surface area contributed by atoms with Crippen molar-refractivity contribution in [2.75, 3.05) is 12.4 Å². The highest BCUT2D eigenvalue weighted by atomic mass is 32.1. The van der Waals surface area contributed by atoms with E-state index in [9.17, 15) is 19.5 Å². The first-order valence-electron chi connectivity index (χ1n) is 12.4. The van der Waals surface area contributed by atoms with Crippen LogP contribution in [0.1, 0.15) is 66.4 Å². The van der Waals surface area contributed by atoms with E-state index in [-0.39, 0.29) is 11.3 Å². The first kappa shape index (κ1) is 28.2. The van der Waals surface area contributed by atoms with Gasteiger partial charge in [-0.25, -0.2) is 4.79 Å². The molecule has 1 heterocycles. The number of hydrogen-bond donors (Lipinski definition) is 2. The van der Waals surface area contributed by atoms with E-state index >= 15 is 0 Å². The molecule has 8 heteroatoms. The maximum absolute atomic E-state index is 13.5. The van der Waals surface area contributed by atoms with Gasteiger partial charge >= 0.3 is 6.09 Å². The number of allylic oxidation sites excluding steroid dienone is 4. The average molecular weight is 526 g/mol. The van der Waals surface area contributed by atoms with Crippen LogP contribution in [0.25, 0.3) is 16.2 Å². The molecule has 0 spiro atoms. The minimum atomic E-state index is -0.974. The molecule has 0 saturated carbocycles. The summed E-state index contributed by atoms with van der Waals surface area (Å²) in [5.41, 5.74) is 0.118. The molecular weight excluding hydrogens is 490 g/mol. The number of aliphatic hydroxyl groups excluding tert-OH is 1. The van der Waals surface area contributed by atoms with Gasteiger partial charge in [-0.3, -0.25) is 14.9 Å². The van der Waals surface area contributed by atoms with Gasteiger partial charge in [-0.15, -0.1) is 11.3 Å². The van der Waals surface area contributed by atoms with Crippen molar-refractivity contribution in [3.05, 3.63) is 57.9 Å². The van der Waals surface area contributed by atoms with Crippen LogP contribution in [0.3, 0.4) is 0 Å². The summed E-state index contributed by atoms with van der Waals surface area (Å²) in [7, 11) is 1.49. The van der Waals surface area contributed by atoms with Crippen molar-refractivity contribution in [2.24, 2.45) is 5.41 Å². The summed E-state index contributed by atoms with van der Waals surface area (Å²) in [6.45, 7) is 11.0. The summed E-state index contributed by atoms with van der Waals surface area (Å²) < 4.78 is 11.8. The maximum Gasteiger partial charge on any atom is 0.412 e. The number of anilines is 1. The number of amides is 1. The van der Waals surface area contributed by atoms with E-state index in [0.717, 1.165) is 15.6 Å². The van der Waals surface area contributed by atoms with Crippen LogP contribution < -0.4 is 5.32 Å². The second-order valence-corrected chi connectivity index (χ2v) is 10.8. The number of benzene rings is 1. The number of ketones is 2. The minimum absolute atomic E-state index is 0.194. The molecule has 1 aliphatic carbocycles. The van der Waals surface area contributed by atoms with Crippen LogP contribution in [0.4, 0.5) is 10.5 Å². The van der Waals surface area contributed by atoms with E-state index < -0.39 is 28.7 Å². The average Bonchev–Trinajstić information content (AvgIpc) is 3.23. The number of Topliss-reactive ketones (excluding diaryl/α,β-unsaturated/α-hetero) is 1. The van der Waals surface area contributed by atoms with Crippen LogP contribution in [0.15, 0.2) is 52.3 Å². The Balaban J connectivity index is 1.91. The number of ether oxygens (including phenoxy) is 2. The monoisotopic (exact) mass is 525 g/mol. The van der Waals surface area contributed by atoms with Gasteiger partial charge in [0.05, 0.1) is 12.5 Å². The highest BCUT2D eigenvalue weighted by Crippen LogP contribution is 2.46. The number of thiophene rings is 1. The molecule has 1 aromatic heterocycles. The molecule has 2 N–H and O–H groups in total. The molecule has 0 radical (unpaired) electrons. The maximum atomic E-state index is 13.5. The Morgan fingerprint density at radius 3 is 2.41 bits per heavy atom. The van der Waals surface area contributed by atoms with Gasteiger partial charge in [0, 0.05) is 16.0 Å². The molecule has 1 aromatic carbocycles. The van der Waals surface area contributed by atoms with Crippen LogP contribution in [0, 0.1) is 5.41 Å². The molecule has 0 unspecified atom stereocenters. The summed E-state index contributed by atoms with van der Waals surface area (Å²) in [6.07, 6.45) is 3.79. The fourth-order valence-corrected chi connectivity index (χ4v) is 5.66. The smallest absolute Gasteiger partial charge is 0.412 e. The van der Waals surface area contributed by atoms with E-state index in [4.69, 9.17) is 9.47 Å². The van der Waals surface area contributed by atoms with E-state index in [1.807, 2.05) is 38.3 Å².